The van der Waals surface area contributed by atoms with E-state index in [1.54, 1.807) is 0 Å². The Morgan fingerprint density at radius 2 is 2.12 bits per heavy atom. The minimum absolute atomic E-state index is 0.157. The van der Waals surface area contributed by atoms with Gasteiger partial charge in [-0.3, -0.25) is 4.68 Å². The lowest BCUT2D eigenvalue weighted by Gasteiger charge is -2.16. The maximum atomic E-state index is 8.63. The van der Waals surface area contributed by atoms with Crippen LogP contribution >= 0.6 is 0 Å². The molecule has 0 saturated carbocycles. The Balaban J connectivity index is 3.04. The Kier molecular flexibility index (Phi) is 4.54. The topological polar surface area (TPSA) is 76.4 Å². The van der Waals surface area contributed by atoms with Crippen LogP contribution in [-0.2, 0) is 6.42 Å². The molecule has 0 amide bonds. The van der Waals surface area contributed by atoms with E-state index in [9.17, 15) is 0 Å². The standard InChI is InChI=1S/C12H22N4O/c1-5-10(7-12(13)15-17)16-9(4)11(6-2)8(3)14-16/h10,17H,5-7H2,1-4H3,(H2,13,15). The summed E-state index contributed by atoms with van der Waals surface area (Å²) in [5.74, 6) is 0.252. The van der Waals surface area contributed by atoms with E-state index in [1.165, 1.54) is 11.3 Å². The smallest absolute Gasteiger partial charge is 0.141 e. The van der Waals surface area contributed by atoms with E-state index in [-0.39, 0.29) is 11.9 Å². The number of rotatable bonds is 5. The second-order valence-corrected chi connectivity index (χ2v) is 4.31. The minimum Gasteiger partial charge on any atom is -0.409 e. The van der Waals surface area contributed by atoms with Gasteiger partial charge in [0.1, 0.15) is 5.84 Å². The lowest BCUT2D eigenvalue weighted by Crippen LogP contribution is -2.21. The van der Waals surface area contributed by atoms with Crippen molar-refractivity contribution < 1.29 is 5.21 Å². The molecule has 5 nitrogen and oxygen atoms in total. The highest BCUT2D eigenvalue weighted by Crippen LogP contribution is 2.22. The highest BCUT2D eigenvalue weighted by Gasteiger charge is 2.17. The molecule has 0 aliphatic carbocycles. The highest BCUT2D eigenvalue weighted by atomic mass is 16.4. The molecule has 96 valence electrons. The fourth-order valence-corrected chi connectivity index (χ4v) is 2.25. The second-order valence-electron chi connectivity index (χ2n) is 4.31. The van der Waals surface area contributed by atoms with Crippen molar-refractivity contribution in [3.05, 3.63) is 17.0 Å². The first-order valence-electron chi connectivity index (χ1n) is 6.06. The predicted octanol–water partition coefficient (Wildman–Crippen LogP) is 2.15. The summed E-state index contributed by atoms with van der Waals surface area (Å²) in [7, 11) is 0. The van der Waals surface area contributed by atoms with Crippen LogP contribution in [0.15, 0.2) is 5.16 Å². The number of hydrogen-bond acceptors (Lipinski definition) is 3. The van der Waals surface area contributed by atoms with Crippen molar-refractivity contribution in [2.75, 3.05) is 0 Å². The van der Waals surface area contributed by atoms with Crippen LogP contribution in [0.25, 0.3) is 0 Å². The quantitative estimate of drug-likeness (QED) is 0.357. The van der Waals surface area contributed by atoms with E-state index in [0.29, 0.717) is 6.42 Å². The number of oxime groups is 1. The second kappa shape index (κ2) is 5.70. The average molecular weight is 238 g/mol. The van der Waals surface area contributed by atoms with E-state index < -0.39 is 0 Å². The van der Waals surface area contributed by atoms with Crippen LogP contribution in [0.5, 0.6) is 0 Å². The zero-order valence-corrected chi connectivity index (χ0v) is 11.1. The highest BCUT2D eigenvalue weighted by molar-refractivity contribution is 5.80. The maximum absolute atomic E-state index is 8.63. The summed E-state index contributed by atoms with van der Waals surface area (Å²) >= 11 is 0. The minimum atomic E-state index is 0.157. The molecule has 1 rings (SSSR count). The molecule has 17 heavy (non-hydrogen) atoms. The molecule has 0 fully saturated rings. The Labute approximate surface area is 102 Å². The van der Waals surface area contributed by atoms with Gasteiger partial charge in [0.2, 0.25) is 0 Å². The third kappa shape index (κ3) is 2.78. The van der Waals surface area contributed by atoms with E-state index >= 15 is 0 Å². The van der Waals surface area contributed by atoms with Crippen LogP contribution < -0.4 is 5.73 Å². The van der Waals surface area contributed by atoms with Gasteiger partial charge < -0.3 is 10.9 Å². The molecule has 0 aliphatic rings. The van der Waals surface area contributed by atoms with Gasteiger partial charge >= 0.3 is 0 Å². The van der Waals surface area contributed by atoms with E-state index in [2.05, 4.69) is 31.0 Å². The van der Waals surface area contributed by atoms with Gasteiger partial charge in [-0.25, -0.2) is 0 Å². The largest absolute Gasteiger partial charge is 0.409 e. The molecule has 0 radical (unpaired) electrons. The van der Waals surface area contributed by atoms with Crippen molar-refractivity contribution in [2.24, 2.45) is 10.9 Å². The number of aryl methyl sites for hydroxylation is 1. The Bertz CT molecular complexity index is 409. The lowest BCUT2D eigenvalue weighted by atomic mass is 10.1. The van der Waals surface area contributed by atoms with E-state index in [4.69, 9.17) is 10.9 Å². The summed E-state index contributed by atoms with van der Waals surface area (Å²) in [6.07, 6.45) is 2.41. The Morgan fingerprint density at radius 3 is 2.53 bits per heavy atom. The molecule has 5 heteroatoms. The maximum Gasteiger partial charge on any atom is 0.141 e. The average Bonchev–Trinajstić information content (AvgIpc) is 2.61. The number of aromatic nitrogens is 2. The summed E-state index contributed by atoms with van der Waals surface area (Å²) in [4.78, 5) is 0. The van der Waals surface area contributed by atoms with Crippen molar-refractivity contribution in [3.8, 4) is 0 Å². The van der Waals surface area contributed by atoms with Crippen LogP contribution in [0, 0.1) is 13.8 Å². The number of nitrogens with two attached hydrogens (primary N) is 1. The van der Waals surface area contributed by atoms with Crippen molar-refractivity contribution >= 4 is 5.84 Å². The van der Waals surface area contributed by atoms with Gasteiger partial charge in [-0.05, 0) is 32.3 Å². The first-order valence-corrected chi connectivity index (χ1v) is 6.06. The van der Waals surface area contributed by atoms with Gasteiger partial charge in [-0.15, -0.1) is 0 Å². The predicted molar refractivity (Wildman–Crippen MR) is 68.4 cm³/mol. The van der Waals surface area contributed by atoms with Crippen LogP contribution in [0.4, 0.5) is 0 Å². The van der Waals surface area contributed by atoms with Crippen molar-refractivity contribution in [3.63, 3.8) is 0 Å². The van der Waals surface area contributed by atoms with Gasteiger partial charge in [0.15, 0.2) is 0 Å². The molecule has 1 unspecified atom stereocenters. The third-order valence-electron chi connectivity index (χ3n) is 3.22. The zero-order chi connectivity index (χ0) is 13.0. The Hall–Kier alpha value is -1.52. The van der Waals surface area contributed by atoms with Gasteiger partial charge in [0.05, 0.1) is 11.7 Å². The fraction of sp³-hybridized carbons (Fsp3) is 0.667. The van der Waals surface area contributed by atoms with Crippen LogP contribution in [0.3, 0.4) is 0 Å². The summed E-state index contributed by atoms with van der Waals surface area (Å²) in [5.41, 5.74) is 9.12. The van der Waals surface area contributed by atoms with Gasteiger partial charge in [-0.1, -0.05) is 19.0 Å². The molecule has 0 aromatic carbocycles. The molecular formula is C12H22N4O. The summed E-state index contributed by atoms with van der Waals surface area (Å²) in [6, 6.07) is 0.157. The first-order chi connectivity index (χ1) is 8.04. The number of hydrogen-bond donors (Lipinski definition) is 2. The molecule has 1 aromatic rings. The first kappa shape index (κ1) is 13.5. The van der Waals surface area contributed by atoms with E-state index in [0.717, 1.165) is 18.5 Å². The third-order valence-corrected chi connectivity index (χ3v) is 3.22. The Morgan fingerprint density at radius 1 is 1.47 bits per heavy atom. The van der Waals surface area contributed by atoms with Gasteiger partial charge in [0.25, 0.3) is 0 Å². The summed E-state index contributed by atoms with van der Waals surface area (Å²) in [5, 5.41) is 16.2. The molecule has 1 aromatic heterocycles. The number of amidine groups is 1. The molecule has 0 bridgehead atoms. The fourth-order valence-electron chi connectivity index (χ4n) is 2.25. The summed E-state index contributed by atoms with van der Waals surface area (Å²) < 4.78 is 2.01. The zero-order valence-electron chi connectivity index (χ0n) is 11.1. The normalized spacial score (nSPS) is 14.0. The van der Waals surface area contributed by atoms with Crippen molar-refractivity contribution in [1.82, 2.24) is 9.78 Å². The SMILES string of the molecule is CCc1c(C)nn(C(CC)C/C(N)=N/O)c1C. The molecule has 0 aliphatic heterocycles. The monoisotopic (exact) mass is 238 g/mol. The molecular weight excluding hydrogens is 216 g/mol. The molecule has 1 heterocycles. The molecule has 3 N–H and O–H groups in total. The lowest BCUT2D eigenvalue weighted by molar-refractivity contribution is 0.314. The molecule has 0 saturated heterocycles. The van der Waals surface area contributed by atoms with Crippen LogP contribution in [0.1, 0.15) is 49.7 Å². The molecule has 1 atom stereocenters. The van der Waals surface area contributed by atoms with Crippen molar-refractivity contribution in [2.45, 2.75) is 53.0 Å². The molecule has 0 spiro atoms. The van der Waals surface area contributed by atoms with Crippen LogP contribution in [0.2, 0.25) is 0 Å². The summed E-state index contributed by atoms with van der Waals surface area (Å²) in [6.45, 7) is 8.32. The number of nitrogens with zero attached hydrogens (tertiary/aromatic N) is 3. The van der Waals surface area contributed by atoms with Crippen LogP contribution in [-0.4, -0.2) is 20.8 Å². The van der Waals surface area contributed by atoms with Gasteiger partial charge in [0, 0.05) is 12.1 Å². The van der Waals surface area contributed by atoms with E-state index in [1.807, 2.05) is 11.6 Å². The van der Waals surface area contributed by atoms with Gasteiger partial charge in [-0.2, -0.15) is 5.10 Å². The van der Waals surface area contributed by atoms with Crippen molar-refractivity contribution in [1.29, 1.82) is 0 Å².